The van der Waals surface area contributed by atoms with Crippen LogP contribution in [-0.2, 0) is 13.0 Å². The molecule has 8 heteroatoms. The van der Waals surface area contributed by atoms with Crippen molar-refractivity contribution in [1.29, 1.82) is 0 Å². The molecule has 0 bridgehead atoms. The number of carbonyl (C=O) groups excluding carboxylic acids is 1. The molecule has 0 unspecified atom stereocenters. The first-order chi connectivity index (χ1) is 13.1. The Kier molecular flexibility index (Phi) is 3.73. The lowest BCUT2D eigenvalue weighted by atomic mass is 10.1. The van der Waals surface area contributed by atoms with Gasteiger partial charge in [0.05, 0.1) is 21.1 Å². The summed E-state index contributed by atoms with van der Waals surface area (Å²) >= 11 is 7.36. The van der Waals surface area contributed by atoms with E-state index in [-0.39, 0.29) is 11.5 Å². The summed E-state index contributed by atoms with van der Waals surface area (Å²) in [6.45, 7) is 0.709. The van der Waals surface area contributed by atoms with Gasteiger partial charge in [-0.25, -0.2) is 9.97 Å². The van der Waals surface area contributed by atoms with Crippen LogP contribution in [0.5, 0.6) is 0 Å². The molecule has 1 amide bonds. The molecule has 1 N–H and O–H groups in total. The highest BCUT2D eigenvalue weighted by Gasteiger charge is 2.17. The SMILES string of the molecule is O=C(Nc1nc2ccc(Cl)cc2s1)c1ccc2c(=O)n3c(nc2c1)CCC3. The van der Waals surface area contributed by atoms with Gasteiger partial charge >= 0.3 is 0 Å². The van der Waals surface area contributed by atoms with Crippen molar-refractivity contribution in [2.45, 2.75) is 19.4 Å². The van der Waals surface area contributed by atoms with E-state index < -0.39 is 0 Å². The number of benzene rings is 2. The zero-order chi connectivity index (χ0) is 18.5. The Bertz CT molecular complexity index is 1290. The number of halogens is 1. The molecule has 0 spiro atoms. The van der Waals surface area contributed by atoms with Crippen molar-refractivity contribution >= 4 is 55.1 Å². The highest BCUT2D eigenvalue weighted by molar-refractivity contribution is 7.22. The number of rotatable bonds is 2. The summed E-state index contributed by atoms with van der Waals surface area (Å²) in [5.74, 6) is 0.498. The fourth-order valence-electron chi connectivity index (χ4n) is 3.35. The predicted octanol–water partition coefficient (Wildman–Crippen LogP) is 3.86. The Morgan fingerprint density at radius 2 is 2.04 bits per heavy atom. The van der Waals surface area contributed by atoms with Gasteiger partial charge in [-0.15, -0.1) is 0 Å². The molecule has 27 heavy (non-hydrogen) atoms. The number of carbonyl (C=O) groups is 1. The largest absolute Gasteiger partial charge is 0.298 e. The van der Waals surface area contributed by atoms with E-state index in [0.29, 0.717) is 33.2 Å². The first-order valence-electron chi connectivity index (χ1n) is 8.49. The molecule has 1 aliphatic heterocycles. The molecule has 0 aliphatic carbocycles. The van der Waals surface area contributed by atoms with Gasteiger partial charge in [0.2, 0.25) is 0 Å². The molecule has 5 rings (SSSR count). The molecule has 2 aromatic heterocycles. The molecule has 3 heterocycles. The number of amides is 1. The maximum atomic E-state index is 12.6. The quantitative estimate of drug-likeness (QED) is 0.558. The lowest BCUT2D eigenvalue weighted by Gasteiger charge is -2.06. The Morgan fingerprint density at radius 3 is 2.93 bits per heavy atom. The van der Waals surface area contributed by atoms with Crippen molar-refractivity contribution in [3.8, 4) is 0 Å². The van der Waals surface area contributed by atoms with Crippen molar-refractivity contribution in [2.75, 3.05) is 5.32 Å². The minimum absolute atomic E-state index is 0.0393. The normalized spacial score (nSPS) is 13.2. The Morgan fingerprint density at radius 1 is 1.15 bits per heavy atom. The van der Waals surface area contributed by atoms with E-state index in [1.54, 1.807) is 28.8 Å². The second-order valence-corrected chi connectivity index (χ2v) is 7.87. The first kappa shape index (κ1) is 16.4. The lowest BCUT2D eigenvalue weighted by Crippen LogP contribution is -2.21. The van der Waals surface area contributed by atoms with E-state index in [1.807, 2.05) is 12.1 Å². The molecule has 134 valence electrons. The molecule has 6 nitrogen and oxygen atoms in total. The van der Waals surface area contributed by atoms with Gasteiger partial charge in [-0.2, -0.15) is 0 Å². The number of nitrogens with one attached hydrogen (secondary N) is 1. The fourth-order valence-corrected chi connectivity index (χ4v) is 4.48. The zero-order valence-corrected chi connectivity index (χ0v) is 15.6. The smallest absolute Gasteiger partial charge is 0.261 e. The predicted molar refractivity (Wildman–Crippen MR) is 107 cm³/mol. The van der Waals surface area contributed by atoms with E-state index in [0.717, 1.165) is 28.9 Å². The molecule has 0 radical (unpaired) electrons. The van der Waals surface area contributed by atoms with Crippen LogP contribution in [0.4, 0.5) is 5.13 Å². The van der Waals surface area contributed by atoms with Crippen molar-refractivity contribution < 1.29 is 4.79 Å². The van der Waals surface area contributed by atoms with Gasteiger partial charge in [0.25, 0.3) is 11.5 Å². The summed E-state index contributed by atoms with van der Waals surface area (Å²) in [7, 11) is 0. The van der Waals surface area contributed by atoms with Gasteiger partial charge in [-0.05, 0) is 42.8 Å². The average Bonchev–Trinajstić information content (AvgIpc) is 3.27. The summed E-state index contributed by atoms with van der Waals surface area (Å²) < 4.78 is 2.62. The van der Waals surface area contributed by atoms with E-state index in [2.05, 4.69) is 15.3 Å². The second-order valence-electron chi connectivity index (χ2n) is 6.41. The summed E-state index contributed by atoms with van der Waals surface area (Å²) in [5, 5.41) is 4.47. The zero-order valence-electron chi connectivity index (χ0n) is 14.0. The van der Waals surface area contributed by atoms with E-state index >= 15 is 0 Å². The number of nitrogens with zero attached hydrogens (tertiary/aromatic N) is 3. The summed E-state index contributed by atoms with van der Waals surface area (Å²) in [6.07, 6.45) is 1.71. The third-order valence-corrected chi connectivity index (χ3v) is 5.82. The maximum Gasteiger partial charge on any atom is 0.261 e. The van der Waals surface area contributed by atoms with Crippen LogP contribution >= 0.6 is 22.9 Å². The van der Waals surface area contributed by atoms with Gasteiger partial charge in [0.1, 0.15) is 5.82 Å². The summed E-state index contributed by atoms with van der Waals surface area (Å²) in [6, 6.07) is 10.4. The molecule has 0 atom stereocenters. The Balaban J connectivity index is 1.49. The number of hydrogen-bond donors (Lipinski definition) is 1. The standard InChI is InChI=1S/C19H13ClN4O2S/c20-11-4-6-13-15(9-11)27-19(22-13)23-17(25)10-3-5-12-14(8-10)21-16-2-1-7-24(16)18(12)26/h3-6,8-9H,1-2,7H2,(H,22,23,25). The van der Waals surface area contributed by atoms with E-state index in [1.165, 1.54) is 11.3 Å². The monoisotopic (exact) mass is 396 g/mol. The van der Waals surface area contributed by atoms with E-state index in [9.17, 15) is 9.59 Å². The lowest BCUT2D eigenvalue weighted by molar-refractivity contribution is 0.102. The van der Waals surface area contributed by atoms with Gasteiger partial charge in [-0.3, -0.25) is 19.5 Å². The van der Waals surface area contributed by atoms with Crippen LogP contribution in [-0.4, -0.2) is 20.4 Å². The van der Waals surface area contributed by atoms with Crippen molar-refractivity contribution in [3.05, 3.63) is 63.2 Å². The van der Waals surface area contributed by atoms with Crippen molar-refractivity contribution in [2.24, 2.45) is 0 Å². The number of aromatic nitrogens is 3. The van der Waals surface area contributed by atoms with Crippen molar-refractivity contribution in [3.63, 3.8) is 0 Å². The van der Waals surface area contributed by atoms with Crippen molar-refractivity contribution in [1.82, 2.24) is 14.5 Å². The highest BCUT2D eigenvalue weighted by atomic mass is 35.5. The van der Waals surface area contributed by atoms with Gasteiger partial charge in [0.15, 0.2) is 5.13 Å². The molecular weight excluding hydrogens is 384 g/mol. The van der Waals surface area contributed by atoms with Crippen LogP contribution in [0.25, 0.3) is 21.1 Å². The van der Waals surface area contributed by atoms with Crippen LogP contribution < -0.4 is 10.9 Å². The van der Waals surface area contributed by atoms with Gasteiger partial charge in [-0.1, -0.05) is 22.9 Å². The fraction of sp³-hybridized carbons (Fsp3) is 0.158. The topological polar surface area (TPSA) is 76.9 Å². The molecule has 0 fully saturated rings. The van der Waals surface area contributed by atoms with Crippen LogP contribution in [0.2, 0.25) is 5.02 Å². The number of aryl methyl sites for hydroxylation is 1. The van der Waals surface area contributed by atoms with E-state index in [4.69, 9.17) is 11.6 Å². The maximum absolute atomic E-state index is 12.6. The minimum Gasteiger partial charge on any atom is -0.298 e. The summed E-state index contributed by atoms with van der Waals surface area (Å²) in [4.78, 5) is 34.1. The van der Waals surface area contributed by atoms with Crippen LogP contribution in [0.1, 0.15) is 22.6 Å². The van der Waals surface area contributed by atoms with Gasteiger partial charge < -0.3 is 0 Å². The van der Waals surface area contributed by atoms with Gasteiger partial charge in [0, 0.05) is 23.6 Å². The third-order valence-electron chi connectivity index (χ3n) is 4.65. The number of fused-ring (bicyclic) bond motifs is 3. The molecule has 1 aliphatic rings. The summed E-state index contributed by atoms with van der Waals surface area (Å²) in [5.41, 5.74) is 1.73. The average molecular weight is 397 g/mol. The third kappa shape index (κ3) is 2.79. The molecular formula is C19H13ClN4O2S. The second kappa shape index (κ2) is 6.14. The number of thiazole rings is 1. The molecule has 0 saturated carbocycles. The highest BCUT2D eigenvalue weighted by Crippen LogP contribution is 2.28. The van der Waals surface area contributed by atoms with Crippen LogP contribution in [0.3, 0.4) is 0 Å². The Labute approximate surface area is 162 Å². The van der Waals surface area contributed by atoms with Crippen LogP contribution in [0.15, 0.2) is 41.2 Å². The molecule has 0 saturated heterocycles. The molecule has 2 aromatic carbocycles. The number of hydrogen-bond acceptors (Lipinski definition) is 5. The van der Waals surface area contributed by atoms with Crippen LogP contribution in [0, 0.1) is 0 Å². The number of anilines is 1. The molecule has 4 aromatic rings. The Hall–Kier alpha value is -2.77. The minimum atomic E-state index is -0.288. The first-order valence-corrected chi connectivity index (χ1v) is 9.69.